The summed E-state index contributed by atoms with van der Waals surface area (Å²) in [7, 11) is 0. The molecule has 7 heteroatoms. The lowest BCUT2D eigenvalue weighted by Gasteiger charge is -2.18. The van der Waals surface area contributed by atoms with Crippen molar-refractivity contribution in [2.24, 2.45) is 0 Å². The molecular weight excluding hydrogens is 258 g/mol. The number of benzene rings is 1. The first-order chi connectivity index (χ1) is 7.05. The Morgan fingerprint density at radius 1 is 0.938 bits per heavy atom. The van der Waals surface area contributed by atoms with E-state index in [9.17, 15) is 26.3 Å². The van der Waals surface area contributed by atoms with Crippen molar-refractivity contribution in [3.05, 3.63) is 33.8 Å². The van der Waals surface area contributed by atoms with Crippen molar-refractivity contribution < 1.29 is 26.3 Å². The minimum absolute atomic E-state index is 0.332. The van der Waals surface area contributed by atoms with Gasteiger partial charge in [-0.15, -0.1) is 0 Å². The minimum Gasteiger partial charge on any atom is -0.166 e. The molecule has 0 atom stereocenters. The first-order valence-electron chi connectivity index (χ1n) is 3.98. The first-order valence-corrected chi connectivity index (χ1v) is 4.36. The smallest absolute Gasteiger partial charge is 0.166 e. The van der Waals surface area contributed by atoms with E-state index in [0.717, 1.165) is 13.0 Å². The summed E-state index contributed by atoms with van der Waals surface area (Å²) in [6.07, 6.45) is -10.1. The summed E-state index contributed by atoms with van der Waals surface area (Å²) in [5.41, 5.74) is -4.07. The van der Waals surface area contributed by atoms with E-state index >= 15 is 0 Å². The van der Waals surface area contributed by atoms with Crippen LogP contribution in [0.4, 0.5) is 26.3 Å². The zero-order valence-corrected chi connectivity index (χ0v) is 8.56. The fourth-order valence-electron chi connectivity index (χ4n) is 1.29. The van der Waals surface area contributed by atoms with Crippen LogP contribution in [-0.4, -0.2) is 0 Å². The number of rotatable bonds is 0. The van der Waals surface area contributed by atoms with Gasteiger partial charge in [0.2, 0.25) is 0 Å². The van der Waals surface area contributed by atoms with Crippen LogP contribution < -0.4 is 0 Å². The topological polar surface area (TPSA) is 0 Å². The van der Waals surface area contributed by atoms with Crippen LogP contribution in [0.5, 0.6) is 0 Å². The average molecular weight is 263 g/mol. The molecule has 0 nitrogen and oxygen atoms in total. The van der Waals surface area contributed by atoms with Crippen molar-refractivity contribution in [1.82, 2.24) is 0 Å². The summed E-state index contributed by atoms with van der Waals surface area (Å²) in [5.74, 6) is 0. The van der Waals surface area contributed by atoms with Gasteiger partial charge in [-0.2, -0.15) is 26.3 Å². The Labute approximate surface area is 91.8 Å². The number of halogens is 7. The molecule has 0 aliphatic rings. The maximum absolute atomic E-state index is 12.5. The molecule has 16 heavy (non-hydrogen) atoms. The molecule has 1 aromatic rings. The molecule has 0 N–H and O–H groups in total. The van der Waals surface area contributed by atoms with Gasteiger partial charge >= 0.3 is 12.4 Å². The molecule has 0 radical (unpaired) electrons. The van der Waals surface area contributed by atoms with Gasteiger partial charge in [0.1, 0.15) is 0 Å². The third-order valence-electron chi connectivity index (χ3n) is 1.99. The second-order valence-corrected chi connectivity index (χ2v) is 3.50. The van der Waals surface area contributed by atoms with Crippen LogP contribution in [0.1, 0.15) is 16.7 Å². The summed E-state index contributed by atoms with van der Waals surface area (Å²) >= 11 is 5.37. The van der Waals surface area contributed by atoms with Gasteiger partial charge in [0.25, 0.3) is 0 Å². The van der Waals surface area contributed by atoms with Crippen molar-refractivity contribution >= 4 is 11.6 Å². The minimum atomic E-state index is -5.08. The summed E-state index contributed by atoms with van der Waals surface area (Å²) in [6.45, 7) is 0.903. The summed E-state index contributed by atoms with van der Waals surface area (Å²) in [6, 6.07) is 1.13. The predicted octanol–water partition coefficient (Wildman–Crippen LogP) is 4.69. The molecule has 1 aromatic carbocycles. The van der Waals surface area contributed by atoms with Crippen LogP contribution in [0, 0.1) is 6.92 Å². The molecular formula is C9H5ClF6. The average Bonchev–Trinajstić information content (AvgIpc) is 2.05. The maximum Gasteiger partial charge on any atom is 0.417 e. The van der Waals surface area contributed by atoms with E-state index in [2.05, 4.69) is 0 Å². The van der Waals surface area contributed by atoms with Crippen molar-refractivity contribution in [3.63, 3.8) is 0 Å². The third-order valence-corrected chi connectivity index (χ3v) is 2.40. The van der Waals surface area contributed by atoms with E-state index in [-0.39, 0.29) is 5.02 Å². The zero-order valence-electron chi connectivity index (χ0n) is 7.80. The lowest BCUT2D eigenvalue weighted by molar-refractivity contribution is -0.162. The molecule has 0 spiro atoms. The Balaban J connectivity index is 3.59. The van der Waals surface area contributed by atoms with E-state index < -0.39 is 29.0 Å². The van der Waals surface area contributed by atoms with Crippen LogP contribution in [0.25, 0.3) is 0 Å². The molecule has 0 aliphatic carbocycles. The third kappa shape index (κ3) is 2.42. The number of hydrogen-bond acceptors (Lipinski definition) is 0. The molecule has 0 saturated carbocycles. The van der Waals surface area contributed by atoms with E-state index in [1.165, 1.54) is 0 Å². The highest BCUT2D eigenvalue weighted by Gasteiger charge is 2.44. The van der Waals surface area contributed by atoms with Crippen LogP contribution >= 0.6 is 11.6 Å². The molecule has 0 saturated heterocycles. The second kappa shape index (κ2) is 3.84. The lowest BCUT2D eigenvalue weighted by Crippen LogP contribution is -2.18. The summed E-state index contributed by atoms with van der Waals surface area (Å²) < 4.78 is 74.4. The van der Waals surface area contributed by atoms with Crippen LogP contribution in [0.15, 0.2) is 12.1 Å². The van der Waals surface area contributed by atoms with Crippen LogP contribution in [-0.2, 0) is 12.4 Å². The first kappa shape index (κ1) is 13.2. The molecule has 1 rings (SSSR count). The molecule has 0 heterocycles. The normalized spacial score (nSPS) is 13.0. The quantitative estimate of drug-likeness (QED) is 0.595. The standard InChI is InChI=1S/C9H5ClF6/c1-4-6(10)3-2-5(8(11,12)13)7(4)9(14,15)16/h2-3H,1H3. The van der Waals surface area contributed by atoms with Crippen LogP contribution in [0.2, 0.25) is 5.02 Å². The Kier molecular flexibility index (Phi) is 3.15. The molecule has 0 unspecified atom stereocenters. The SMILES string of the molecule is Cc1c(Cl)ccc(C(F)(F)F)c1C(F)(F)F. The Hall–Kier alpha value is -0.910. The lowest BCUT2D eigenvalue weighted by atomic mass is 10.0. The molecule has 0 amide bonds. The van der Waals surface area contributed by atoms with E-state index in [1.54, 1.807) is 0 Å². The van der Waals surface area contributed by atoms with Gasteiger partial charge in [-0.3, -0.25) is 0 Å². The van der Waals surface area contributed by atoms with Gasteiger partial charge in [0, 0.05) is 5.02 Å². The Morgan fingerprint density at radius 3 is 1.81 bits per heavy atom. The molecule has 0 aliphatic heterocycles. The molecule has 0 bridgehead atoms. The Bertz CT molecular complexity index is 404. The fraction of sp³-hybridized carbons (Fsp3) is 0.333. The van der Waals surface area contributed by atoms with Crippen molar-refractivity contribution in [2.75, 3.05) is 0 Å². The number of hydrogen-bond donors (Lipinski definition) is 0. The van der Waals surface area contributed by atoms with E-state index in [1.807, 2.05) is 0 Å². The van der Waals surface area contributed by atoms with Gasteiger partial charge in [0.15, 0.2) is 0 Å². The van der Waals surface area contributed by atoms with Gasteiger partial charge in [-0.1, -0.05) is 11.6 Å². The molecule has 0 fully saturated rings. The van der Waals surface area contributed by atoms with E-state index in [0.29, 0.717) is 6.07 Å². The highest BCUT2D eigenvalue weighted by atomic mass is 35.5. The van der Waals surface area contributed by atoms with Gasteiger partial charge in [-0.05, 0) is 24.6 Å². The fourth-order valence-corrected chi connectivity index (χ4v) is 1.45. The number of alkyl halides is 6. The summed E-state index contributed by atoms with van der Waals surface area (Å²) in [5, 5.41) is -0.347. The Morgan fingerprint density at radius 2 is 1.44 bits per heavy atom. The van der Waals surface area contributed by atoms with Crippen LogP contribution in [0.3, 0.4) is 0 Å². The monoisotopic (exact) mass is 262 g/mol. The second-order valence-electron chi connectivity index (χ2n) is 3.09. The largest absolute Gasteiger partial charge is 0.417 e. The molecule has 90 valence electrons. The maximum atomic E-state index is 12.5. The van der Waals surface area contributed by atoms with Crippen molar-refractivity contribution in [3.8, 4) is 0 Å². The van der Waals surface area contributed by atoms with Gasteiger partial charge in [-0.25, -0.2) is 0 Å². The predicted molar refractivity (Wildman–Crippen MR) is 46.2 cm³/mol. The highest BCUT2D eigenvalue weighted by Crippen LogP contribution is 2.43. The van der Waals surface area contributed by atoms with Gasteiger partial charge in [0.05, 0.1) is 11.1 Å². The zero-order chi connectivity index (χ0) is 12.7. The van der Waals surface area contributed by atoms with Crippen molar-refractivity contribution in [2.45, 2.75) is 19.3 Å². The highest BCUT2D eigenvalue weighted by molar-refractivity contribution is 6.31. The summed E-state index contributed by atoms with van der Waals surface area (Å²) in [4.78, 5) is 0. The van der Waals surface area contributed by atoms with E-state index in [4.69, 9.17) is 11.6 Å². The van der Waals surface area contributed by atoms with Gasteiger partial charge < -0.3 is 0 Å². The molecule has 0 aromatic heterocycles. The van der Waals surface area contributed by atoms with Crippen molar-refractivity contribution in [1.29, 1.82) is 0 Å².